The number of benzene rings is 2. The number of nitro benzene ring substituents is 1. The van der Waals surface area contributed by atoms with Crippen LogP contribution in [-0.4, -0.2) is 31.2 Å². The first-order valence-electron chi connectivity index (χ1n) is 6.93. The quantitative estimate of drug-likeness (QED) is 0.515. The number of nitrogens with zero attached hydrogens (tertiary/aromatic N) is 2. The fourth-order valence-electron chi connectivity index (χ4n) is 2.38. The van der Waals surface area contributed by atoms with Crippen LogP contribution in [0.15, 0.2) is 30.3 Å². The maximum absolute atomic E-state index is 10.8. The smallest absolute Gasteiger partial charge is 0.269 e. The van der Waals surface area contributed by atoms with E-state index in [1.54, 1.807) is 39.5 Å². The summed E-state index contributed by atoms with van der Waals surface area (Å²) in [6, 6.07) is 8.05. The van der Waals surface area contributed by atoms with E-state index in [4.69, 9.17) is 14.2 Å². The molecule has 1 aromatic heterocycles. The Labute approximate surface area is 141 Å². The van der Waals surface area contributed by atoms with Gasteiger partial charge in [0, 0.05) is 23.8 Å². The van der Waals surface area contributed by atoms with Gasteiger partial charge in [0.2, 0.25) is 5.75 Å². The van der Waals surface area contributed by atoms with Crippen molar-refractivity contribution in [3.8, 4) is 27.8 Å². The number of non-ortho nitro benzene ring substituents is 1. The molecule has 3 rings (SSSR count). The Morgan fingerprint density at radius 3 is 2.25 bits per heavy atom. The minimum atomic E-state index is -0.430. The molecule has 0 amide bonds. The van der Waals surface area contributed by atoms with Crippen LogP contribution in [0.2, 0.25) is 0 Å². The van der Waals surface area contributed by atoms with Crippen LogP contribution in [0.3, 0.4) is 0 Å². The lowest BCUT2D eigenvalue weighted by Crippen LogP contribution is -1.94. The summed E-state index contributed by atoms with van der Waals surface area (Å²) in [4.78, 5) is 14.9. The first kappa shape index (κ1) is 16.0. The number of methoxy groups -OCH3 is 3. The SMILES string of the molecule is COc1cc2nc(-c3ccc([N+](=O)[O-])cc3)sc2c(OC)c1OC. The third-order valence-electron chi connectivity index (χ3n) is 3.51. The van der Waals surface area contributed by atoms with E-state index in [0.29, 0.717) is 22.8 Å². The molecule has 3 aromatic rings. The van der Waals surface area contributed by atoms with Crippen molar-refractivity contribution < 1.29 is 19.1 Å². The second kappa shape index (κ2) is 6.32. The van der Waals surface area contributed by atoms with Gasteiger partial charge in [-0.05, 0) is 12.1 Å². The van der Waals surface area contributed by atoms with Gasteiger partial charge in [0.15, 0.2) is 11.5 Å². The van der Waals surface area contributed by atoms with E-state index in [9.17, 15) is 10.1 Å². The first-order chi connectivity index (χ1) is 11.6. The number of rotatable bonds is 5. The molecule has 0 saturated heterocycles. The highest BCUT2D eigenvalue weighted by atomic mass is 32.1. The molecule has 24 heavy (non-hydrogen) atoms. The van der Waals surface area contributed by atoms with Crippen molar-refractivity contribution in [1.29, 1.82) is 0 Å². The van der Waals surface area contributed by atoms with Crippen LogP contribution in [0.5, 0.6) is 17.2 Å². The molecule has 0 fully saturated rings. The molecule has 0 bridgehead atoms. The first-order valence-corrected chi connectivity index (χ1v) is 7.75. The topological polar surface area (TPSA) is 83.7 Å². The molecular weight excluding hydrogens is 332 g/mol. The van der Waals surface area contributed by atoms with Gasteiger partial charge in [0.1, 0.15) is 9.71 Å². The summed E-state index contributed by atoms with van der Waals surface area (Å²) in [5.41, 5.74) is 1.55. The standard InChI is InChI=1S/C16H14N2O5S/c1-21-12-8-11-15(14(23-3)13(12)22-2)24-16(17-11)9-4-6-10(7-5-9)18(19)20/h4-8H,1-3H3. The number of nitro groups is 1. The molecule has 1 heterocycles. The molecule has 0 saturated carbocycles. The zero-order chi connectivity index (χ0) is 17.3. The van der Waals surface area contributed by atoms with Gasteiger partial charge >= 0.3 is 0 Å². The molecule has 0 atom stereocenters. The van der Waals surface area contributed by atoms with Gasteiger partial charge in [0.25, 0.3) is 5.69 Å². The lowest BCUT2D eigenvalue weighted by molar-refractivity contribution is -0.384. The van der Waals surface area contributed by atoms with E-state index in [0.717, 1.165) is 15.3 Å². The Morgan fingerprint density at radius 1 is 1.04 bits per heavy atom. The maximum atomic E-state index is 10.8. The fraction of sp³-hybridized carbons (Fsp3) is 0.188. The van der Waals surface area contributed by atoms with Crippen molar-refractivity contribution >= 4 is 27.2 Å². The van der Waals surface area contributed by atoms with E-state index in [1.165, 1.54) is 23.5 Å². The highest BCUT2D eigenvalue weighted by molar-refractivity contribution is 7.22. The Hall–Kier alpha value is -2.87. The molecule has 0 aliphatic carbocycles. The van der Waals surface area contributed by atoms with Gasteiger partial charge in [-0.1, -0.05) is 0 Å². The molecule has 0 unspecified atom stereocenters. The summed E-state index contributed by atoms with van der Waals surface area (Å²) in [5, 5.41) is 11.5. The van der Waals surface area contributed by atoms with E-state index in [1.807, 2.05) is 0 Å². The average Bonchev–Trinajstić information content (AvgIpc) is 3.03. The van der Waals surface area contributed by atoms with E-state index in [-0.39, 0.29) is 5.69 Å². The van der Waals surface area contributed by atoms with Gasteiger partial charge in [-0.2, -0.15) is 0 Å². The van der Waals surface area contributed by atoms with Crippen molar-refractivity contribution in [3.63, 3.8) is 0 Å². The van der Waals surface area contributed by atoms with E-state index in [2.05, 4.69) is 4.98 Å². The number of thiazole rings is 1. The molecule has 0 spiro atoms. The monoisotopic (exact) mass is 346 g/mol. The molecule has 7 nitrogen and oxygen atoms in total. The molecular formula is C16H14N2O5S. The van der Waals surface area contributed by atoms with Crippen LogP contribution in [0.4, 0.5) is 5.69 Å². The number of ether oxygens (including phenoxy) is 3. The lowest BCUT2D eigenvalue weighted by Gasteiger charge is -2.11. The van der Waals surface area contributed by atoms with Gasteiger partial charge in [-0.25, -0.2) is 4.98 Å². The van der Waals surface area contributed by atoms with Crippen LogP contribution >= 0.6 is 11.3 Å². The Kier molecular flexibility index (Phi) is 4.22. The minimum Gasteiger partial charge on any atom is -0.493 e. The van der Waals surface area contributed by atoms with Gasteiger partial charge in [-0.3, -0.25) is 10.1 Å². The zero-order valence-corrected chi connectivity index (χ0v) is 14.0. The summed E-state index contributed by atoms with van der Waals surface area (Å²) in [6.45, 7) is 0. The Balaban J connectivity index is 2.15. The zero-order valence-electron chi connectivity index (χ0n) is 13.2. The number of hydrogen-bond acceptors (Lipinski definition) is 7. The second-order valence-corrected chi connectivity index (χ2v) is 5.82. The van der Waals surface area contributed by atoms with Crippen LogP contribution in [0, 0.1) is 10.1 Å². The van der Waals surface area contributed by atoms with Gasteiger partial charge in [-0.15, -0.1) is 11.3 Å². The molecule has 0 aliphatic rings. The predicted molar refractivity (Wildman–Crippen MR) is 91.4 cm³/mol. The normalized spacial score (nSPS) is 10.6. The predicted octanol–water partition coefficient (Wildman–Crippen LogP) is 3.90. The molecule has 0 N–H and O–H groups in total. The fourth-order valence-corrected chi connectivity index (χ4v) is 3.45. The molecule has 0 aliphatic heterocycles. The van der Waals surface area contributed by atoms with Gasteiger partial charge < -0.3 is 14.2 Å². The average molecular weight is 346 g/mol. The van der Waals surface area contributed by atoms with E-state index < -0.39 is 4.92 Å². The third-order valence-corrected chi connectivity index (χ3v) is 4.63. The molecule has 0 radical (unpaired) electrons. The van der Waals surface area contributed by atoms with Crippen LogP contribution in [0.25, 0.3) is 20.8 Å². The lowest BCUT2D eigenvalue weighted by atomic mass is 10.2. The van der Waals surface area contributed by atoms with Crippen molar-refractivity contribution in [3.05, 3.63) is 40.4 Å². The third kappa shape index (κ3) is 2.61. The Bertz CT molecular complexity index is 905. The van der Waals surface area contributed by atoms with Gasteiger partial charge in [0.05, 0.1) is 31.8 Å². The molecule has 124 valence electrons. The van der Waals surface area contributed by atoms with Crippen LogP contribution in [0.1, 0.15) is 0 Å². The Morgan fingerprint density at radius 2 is 1.71 bits per heavy atom. The number of fused-ring (bicyclic) bond motifs is 1. The largest absolute Gasteiger partial charge is 0.493 e. The summed E-state index contributed by atoms with van der Waals surface area (Å²) >= 11 is 1.42. The minimum absolute atomic E-state index is 0.0424. The maximum Gasteiger partial charge on any atom is 0.269 e. The number of hydrogen-bond donors (Lipinski definition) is 0. The number of aromatic nitrogens is 1. The highest BCUT2D eigenvalue weighted by Crippen LogP contribution is 2.46. The summed E-state index contributed by atoms with van der Waals surface area (Å²) in [6.07, 6.45) is 0. The molecule has 8 heteroatoms. The summed E-state index contributed by atoms with van der Waals surface area (Å²) in [7, 11) is 4.65. The molecule has 2 aromatic carbocycles. The summed E-state index contributed by atoms with van der Waals surface area (Å²) in [5.74, 6) is 1.59. The van der Waals surface area contributed by atoms with E-state index >= 15 is 0 Å². The van der Waals surface area contributed by atoms with Crippen LogP contribution < -0.4 is 14.2 Å². The highest BCUT2D eigenvalue weighted by Gasteiger charge is 2.20. The van der Waals surface area contributed by atoms with Crippen molar-refractivity contribution in [2.75, 3.05) is 21.3 Å². The van der Waals surface area contributed by atoms with Crippen molar-refractivity contribution in [2.24, 2.45) is 0 Å². The van der Waals surface area contributed by atoms with Crippen molar-refractivity contribution in [1.82, 2.24) is 4.98 Å². The summed E-state index contributed by atoms with van der Waals surface area (Å²) < 4.78 is 17.0. The van der Waals surface area contributed by atoms with Crippen LogP contribution in [-0.2, 0) is 0 Å². The second-order valence-electron chi connectivity index (χ2n) is 4.82. The van der Waals surface area contributed by atoms with Crippen molar-refractivity contribution in [2.45, 2.75) is 0 Å².